The van der Waals surface area contributed by atoms with Crippen molar-refractivity contribution in [3.63, 3.8) is 0 Å². The van der Waals surface area contributed by atoms with Crippen molar-refractivity contribution < 1.29 is 47.5 Å². The zero-order chi connectivity index (χ0) is 26.1. The van der Waals surface area contributed by atoms with Crippen LogP contribution in [0.1, 0.15) is 29.8 Å². The lowest BCUT2D eigenvalue weighted by atomic mass is 9.98. The fraction of sp³-hybridized carbons (Fsp3) is 0.423. The highest BCUT2D eigenvalue weighted by Crippen LogP contribution is 2.30. The zero-order valence-electron chi connectivity index (χ0n) is 20.6. The van der Waals surface area contributed by atoms with Crippen molar-refractivity contribution in [3.05, 3.63) is 65.7 Å². The third-order valence-corrected chi connectivity index (χ3v) is 5.39. The molecule has 194 valence electrons. The van der Waals surface area contributed by atoms with E-state index in [0.29, 0.717) is 5.75 Å². The second-order valence-electron chi connectivity index (χ2n) is 8.03. The Kier molecular flexibility index (Phi) is 9.80. The summed E-state index contributed by atoms with van der Waals surface area (Å²) in [5, 5.41) is 0. The number of esters is 3. The van der Waals surface area contributed by atoms with E-state index in [1.807, 2.05) is 24.3 Å². The topological polar surface area (TPSA) is 116 Å². The summed E-state index contributed by atoms with van der Waals surface area (Å²) in [4.78, 5) is 36.7. The second kappa shape index (κ2) is 13.0. The van der Waals surface area contributed by atoms with Gasteiger partial charge in [0.15, 0.2) is 24.6 Å². The van der Waals surface area contributed by atoms with Gasteiger partial charge in [-0.3, -0.25) is 9.59 Å². The number of carbonyl (C=O) groups is 3. The van der Waals surface area contributed by atoms with E-state index in [-0.39, 0.29) is 18.8 Å². The fourth-order valence-electron chi connectivity index (χ4n) is 3.77. The van der Waals surface area contributed by atoms with Crippen LogP contribution in [0, 0.1) is 0 Å². The highest BCUT2D eigenvalue weighted by atomic mass is 16.7. The van der Waals surface area contributed by atoms with Gasteiger partial charge in [0.05, 0.1) is 25.9 Å². The molecule has 5 atom stereocenters. The Hall–Kier alpha value is -3.47. The van der Waals surface area contributed by atoms with E-state index in [1.165, 1.54) is 21.0 Å². The van der Waals surface area contributed by atoms with Gasteiger partial charge in [-0.25, -0.2) is 4.79 Å². The summed E-state index contributed by atoms with van der Waals surface area (Å²) in [6.07, 6.45) is -5.54. The number of rotatable bonds is 10. The first-order chi connectivity index (χ1) is 17.3. The van der Waals surface area contributed by atoms with Crippen LogP contribution in [0.3, 0.4) is 0 Å². The Labute approximate surface area is 209 Å². The van der Waals surface area contributed by atoms with Crippen LogP contribution in [-0.2, 0) is 44.6 Å². The molecular weight excluding hydrogens is 472 g/mol. The van der Waals surface area contributed by atoms with Crippen LogP contribution >= 0.6 is 0 Å². The molecule has 1 fully saturated rings. The van der Waals surface area contributed by atoms with E-state index in [4.69, 9.17) is 33.2 Å². The third kappa shape index (κ3) is 7.27. The van der Waals surface area contributed by atoms with Crippen molar-refractivity contribution >= 4 is 17.9 Å². The molecular formula is C26H30O10. The van der Waals surface area contributed by atoms with Gasteiger partial charge in [-0.15, -0.1) is 0 Å². The van der Waals surface area contributed by atoms with Gasteiger partial charge in [-0.1, -0.05) is 30.3 Å². The molecule has 0 spiro atoms. The van der Waals surface area contributed by atoms with Crippen LogP contribution in [0.2, 0.25) is 0 Å². The standard InChI is InChI=1S/C26H30O10/c1-16(27)33-23-22(36-25(29)19-8-6-5-7-9-19)21(35-26(31-4)24(23)34-17(2)28)15-32-14-18-10-12-20(30-3)13-11-18/h5-13,21-24,26H,14-15H2,1-4H3/t21-,22-,23+,24-,26+/m1/s1. The molecule has 36 heavy (non-hydrogen) atoms. The third-order valence-electron chi connectivity index (χ3n) is 5.39. The largest absolute Gasteiger partial charge is 0.497 e. The van der Waals surface area contributed by atoms with Crippen LogP contribution in [0.25, 0.3) is 0 Å². The first-order valence-corrected chi connectivity index (χ1v) is 11.3. The zero-order valence-corrected chi connectivity index (χ0v) is 20.6. The smallest absolute Gasteiger partial charge is 0.338 e. The summed E-state index contributed by atoms with van der Waals surface area (Å²) in [6.45, 7) is 2.59. The number of carbonyl (C=O) groups excluding carboxylic acids is 3. The lowest BCUT2D eigenvalue weighted by Gasteiger charge is -2.43. The van der Waals surface area contributed by atoms with Gasteiger partial charge in [0.25, 0.3) is 0 Å². The molecule has 0 amide bonds. The summed E-state index contributed by atoms with van der Waals surface area (Å²) >= 11 is 0. The van der Waals surface area contributed by atoms with E-state index in [0.717, 1.165) is 5.56 Å². The number of ether oxygens (including phenoxy) is 7. The molecule has 0 unspecified atom stereocenters. The molecule has 10 heteroatoms. The van der Waals surface area contributed by atoms with Crippen LogP contribution in [0.5, 0.6) is 5.75 Å². The van der Waals surface area contributed by atoms with Gasteiger partial charge < -0.3 is 33.2 Å². The quantitative estimate of drug-likeness (QED) is 0.355. The van der Waals surface area contributed by atoms with Crippen molar-refractivity contribution in [2.75, 3.05) is 20.8 Å². The Balaban J connectivity index is 1.84. The lowest BCUT2D eigenvalue weighted by molar-refractivity contribution is -0.301. The lowest BCUT2D eigenvalue weighted by Crippen LogP contribution is -2.62. The van der Waals surface area contributed by atoms with Crippen molar-refractivity contribution in [2.24, 2.45) is 0 Å². The molecule has 1 heterocycles. The number of hydrogen-bond acceptors (Lipinski definition) is 10. The van der Waals surface area contributed by atoms with Gasteiger partial charge in [0, 0.05) is 21.0 Å². The minimum absolute atomic E-state index is 0.0385. The normalized spacial score (nSPS) is 23.4. The van der Waals surface area contributed by atoms with E-state index < -0.39 is 48.6 Å². The van der Waals surface area contributed by atoms with Gasteiger partial charge in [0.1, 0.15) is 11.9 Å². The van der Waals surface area contributed by atoms with E-state index >= 15 is 0 Å². The SMILES string of the molecule is COc1ccc(COC[C@H]2O[C@H](OC)[C@H](OC(C)=O)[C@@H](OC(C)=O)[C@@H]2OC(=O)c2ccccc2)cc1. The van der Waals surface area contributed by atoms with Crippen molar-refractivity contribution in [3.8, 4) is 5.75 Å². The van der Waals surface area contributed by atoms with Crippen molar-refractivity contribution in [1.29, 1.82) is 0 Å². The van der Waals surface area contributed by atoms with Crippen molar-refractivity contribution in [1.82, 2.24) is 0 Å². The highest BCUT2D eigenvalue weighted by molar-refractivity contribution is 5.89. The van der Waals surface area contributed by atoms with Crippen molar-refractivity contribution in [2.45, 2.75) is 51.2 Å². The maximum absolute atomic E-state index is 12.9. The fourth-order valence-corrected chi connectivity index (χ4v) is 3.77. The van der Waals surface area contributed by atoms with Crippen LogP contribution in [0.4, 0.5) is 0 Å². The van der Waals surface area contributed by atoms with Crippen LogP contribution < -0.4 is 4.74 Å². The Morgan fingerprint density at radius 1 is 0.806 bits per heavy atom. The van der Waals surface area contributed by atoms with Gasteiger partial charge >= 0.3 is 17.9 Å². The van der Waals surface area contributed by atoms with Gasteiger partial charge in [0.2, 0.25) is 0 Å². The molecule has 2 aromatic carbocycles. The monoisotopic (exact) mass is 502 g/mol. The Morgan fingerprint density at radius 3 is 2.03 bits per heavy atom. The molecule has 1 saturated heterocycles. The molecule has 0 aliphatic carbocycles. The summed E-state index contributed by atoms with van der Waals surface area (Å²) < 4.78 is 39.0. The van der Waals surface area contributed by atoms with E-state index in [9.17, 15) is 14.4 Å². The second-order valence-corrected chi connectivity index (χ2v) is 8.03. The van der Waals surface area contributed by atoms with Crippen LogP contribution in [-0.4, -0.2) is 69.4 Å². The van der Waals surface area contributed by atoms with Gasteiger partial charge in [-0.2, -0.15) is 0 Å². The molecule has 10 nitrogen and oxygen atoms in total. The minimum Gasteiger partial charge on any atom is -0.497 e. The number of methoxy groups -OCH3 is 2. The van der Waals surface area contributed by atoms with Gasteiger partial charge in [-0.05, 0) is 29.8 Å². The maximum atomic E-state index is 12.9. The average molecular weight is 503 g/mol. The number of hydrogen-bond donors (Lipinski definition) is 0. The summed E-state index contributed by atoms with van der Waals surface area (Å²) in [5.74, 6) is -1.26. The predicted molar refractivity (Wildman–Crippen MR) is 125 cm³/mol. The molecule has 1 aliphatic heterocycles. The summed E-state index contributed by atoms with van der Waals surface area (Å²) in [5.41, 5.74) is 1.16. The highest BCUT2D eigenvalue weighted by Gasteiger charge is 2.52. The predicted octanol–water partition coefficient (Wildman–Crippen LogP) is 2.67. The Bertz CT molecular complexity index is 1010. The number of benzene rings is 2. The van der Waals surface area contributed by atoms with Crippen LogP contribution in [0.15, 0.2) is 54.6 Å². The summed E-state index contributed by atoms with van der Waals surface area (Å²) in [6, 6.07) is 15.6. The molecule has 0 aromatic heterocycles. The average Bonchev–Trinajstić information content (AvgIpc) is 2.87. The first kappa shape index (κ1) is 27.1. The molecule has 0 saturated carbocycles. The maximum Gasteiger partial charge on any atom is 0.338 e. The molecule has 0 bridgehead atoms. The molecule has 2 aromatic rings. The van der Waals surface area contributed by atoms with E-state index in [2.05, 4.69) is 0 Å². The Morgan fingerprint density at radius 2 is 1.44 bits per heavy atom. The molecule has 0 N–H and O–H groups in total. The first-order valence-electron chi connectivity index (χ1n) is 11.3. The molecule has 3 rings (SSSR count). The van der Waals surface area contributed by atoms with E-state index in [1.54, 1.807) is 37.4 Å². The summed E-state index contributed by atoms with van der Waals surface area (Å²) in [7, 11) is 2.94. The molecule has 0 radical (unpaired) electrons. The minimum atomic E-state index is -1.20. The molecule has 1 aliphatic rings.